The van der Waals surface area contributed by atoms with Crippen LogP contribution in [0, 0.1) is 28.4 Å². The predicted octanol–water partition coefficient (Wildman–Crippen LogP) is 4.17. The van der Waals surface area contributed by atoms with Crippen molar-refractivity contribution < 1.29 is 9.72 Å². The van der Waals surface area contributed by atoms with E-state index in [2.05, 4.69) is 4.98 Å². The molecule has 0 atom stereocenters. The number of H-pyrrole nitrogens is 1. The molecule has 3 aromatic rings. The van der Waals surface area contributed by atoms with Crippen molar-refractivity contribution in [2.24, 2.45) is 0 Å². The van der Waals surface area contributed by atoms with Crippen molar-refractivity contribution in [2.75, 3.05) is 0 Å². The van der Waals surface area contributed by atoms with Crippen LogP contribution in [-0.2, 0) is 0 Å². The number of aromatic amines is 1. The summed E-state index contributed by atoms with van der Waals surface area (Å²) in [5.74, 6) is -0.388. The van der Waals surface area contributed by atoms with Gasteiger partial charge in [-0.1, -0.05) is 12.1 Å². The van der Waals surface area contributed by atoms with Crippen molar-refractivity contribution in [3.8, 4) is 6.07 Å². The van der Waals surface area contributed by atoms with Gasteiger partial charge in [-0.2, -0.15) is 5.26 Å². The summed E-state index contributed by atoms with van der Waals surface area (Å²) in [6.07, 6.45) is 3.03. The van der Waals surface area contributed by atoms with E-state index in [9.17, 15) is 20.2 Å². The van der Waals surface area contributed by atoms with E-state index in [0.717, 1.165) is 16.5 Å². The van der Waals surface area contributed by atoms with Gasteiger partial charge >= 0.3 is 0 Å². The fourth-order valence-electron chi connectivity index (χ4n) is 2.70. The number of benzene rings is 2. The molecule has 0 bridgehead atoms. The van der Waals surface area contributed by atoms with E-state index in [-0.39, 0.29) is 17.0 Å². The predicted molar refractivity (Wildman–Crippen MR) is 94.1 cm³/mol. The van der Waals surface area contributed by atoms with Crippen molar-refractivity contribution in [3.63, 3.8) is 0 Å². The highest BCUT2D eigenvalue weighted by Crippen LogP contribution is 2.25. The number of ketones is 1. The third-order valence-corrected chi connectivity index (χ3v) is 3.94. The number of hydrogen-bond acceptors (Lipinski definition) is 4. The van der Waals surface area contributed by atoms with E-state index in [1.807, 2.05) is 31.2 Å². The van der Waals surface area contributed by atoms with Gasteiger partial charge in [-0.15, -0.1) is 0 Å². The highest BCUT2D eigenvalue weighted by atomic mass is 16.6. The monoisotopic (exact) mass is 331 g/mol. The third-order valence-electron chi connectivity index (χ3n) is 3.94. The lowest BCUT2D eigenvalue weighted by Gasteiger charge is -2.01. The Morgan fingerprint density at radius 1 is 1.24 bits per heavy atom. The number of carbonyl (C=O) groups excluding carboxylic acids is 1. The number of nitro benzene ring substituents is 1. The van der Waals surface area contributed by atoms with Crippen LogP contribution in [0.15, 0.2) is 54.2 Å². The molecule has 6 nitrogen and oxygen atoms in total. The lowest BCUT2D eigenvalue weighted by Crippen LogP contribution is -2.01. The molecule has 0 saturated carbocycles. The van der Waals surface area contributed by atoms with Crippen molar-refractivity contribution in [1.29, 1.82) is 5.26 Å². The molecule has 25 heavy (non-hydrogen) atoms. The minimum Gasteiger partial charge on any atom is -0.360 e. The van der Waals surface area contributed by atoms with Gasteiger partial charge in [-0.25, -0.2) is 0 Å². The van der Waals surface area contributed by atoms with Crippen LogP contribution in [0.25, 0.3) is 17.0 Å². The van der Waals surface area contributed by atoms with Crippen LogP contribution in [0.3, 0.4) is 0 Å². The summed E-state index contributed by atoms with van der Waals surface area (Å²) in [7, 11) is 0. The zero-order valence-corrected chi connectivity index (χ0v) is 13.3. The van der Waals surface area contributed by atoms with E-state index in [1.165, 1.54) is 30.3 Å². The van der Waals surface area contributed by atoms with Crippen LogP contribution in [0.1, 0.15) is 21.5 Å². The molecule has 6 heteroatoms. The number of carbonyl (C=O) groups is 1. The number of fused-ring (bicyclic) bond motifs is 1. The topological polar surface area (TPSA) is 99.8 Å². The quantitative estimate of drug-likeness (QED) is 0.255. The molecule has 0 saturated heterocycles. The summed E-state index contributed by atoms with van der Waals surface area (Å²) in [5, 5.41) is 20.9. The highest BCUT2D eigenvalue weighted by Gasteiger charge is 2.18. The summed E-state index contributed by atoms with van der Waals surface area (Å²) < 4.78 is 0. The van der Waals surface area contributed by atoms with E-state index in [1.54, 1.807) is 6.20 Å². The maximum absolute atomic E-state index is 12.8. The SMILES string of the molecule is Cc1cccc2[nH]cc(C(=O)C(C#N)=Cc3ccc([N+](=O)[O-])cc3)c12. The number of nitrogens with one attached hydrogen (secondary N) is 1. The minimum absolute atomic E-state index is 0.0296. The van der Waals surface area contributed by atoms with Gasteiger partial charge in [0, 0.05) is 34.8 Å². The largest absolute Gasteiger partial charge is 0.360 e. The van der Waals surface area contributed by atoms with Crippen molar-refractivity contribution in [3.05, 3.63) is 81.0 Å². The Kier molecular flexibility index (Phi) is 4.14. The lowest BCUT2D eigenvalue weighted by atomic mass is 9.99. The Bertz CT molecular complexity index is 1050. The molecule has 1 N–H and O–H groups in total. The summed E-state index contributed by atoms with van der Waals surface area (Å²) in [6.45, 7) is 1.90. The van der Waals surface area contributed by atoms with Crippen LogP contribution in [0.2, 0.25) is 0 Å². The molecule has 0 aliphatic carbocycles. The number of nitrogens with zero attached hydrogens (tertiary/aromatic N) is 2. The molecular formula is C19H13N3O3. The molecule has 0 aliphatic rings. The molecule has 0 radical (unpaired) electrons. The Hall–Kier alpha value is -3.72. The van der Waals surface area contributed by atoms with Crippen molar-refractivity contribution in [1.82, 2.24) is 4.98 Å². The minimum atomic E-state index is -0.501. The van der Waals surface area contributed by atoms with Crippen LogP contribution in [-0.4, -0.2) is 15.7 Å². The second-order valence-electron chi connectivity index (χ2n) is 5.55. The second kappa shape index (κ2) is 6.42. The van der Waals surface area contributed by atoms with Gasteiger partial charge in [0.2, 0.25) is 5.78 Å². The van der Waals surface area contributed by atoms with Crippen LogP contribution in [0.5, 0.6) is 0 Å². The van der Waals surface area contributed by atoms with Crippen LogP contribution >= 0.6 is 0 Å². The van der Waals surface area contributed by atoms with Crippen LogP contribution < -0.4 is 0 Å². The summed E-state index contributed by atoms with van der Waals surface area (Å²) >= 11 is 0. The van der Waals surface area contributed by atoms with Gasteiger partial charge in [0.25, 0.3) is 5.69 Å². The lowest BCUT2D eigenvalue weighted by molar-refractivity contribution is -0.384. The maximum atomic E-state index is 12.8. The molecule has 1 aromatic heterocycles. The highest BCUT2D eigenvalue weighted by molar-refractivity contribution is 6.20. The van der Waals surface area contributed by atoms with Crippen molar-refractivity contribution in [2.45, 2.75) is 6.92 Å². The molecule has 3 rings (SSSR count). The number of non-ortho nitro benzene ring substituents is 1. The molecule has 0 aliphatic heterocycles. The zero-order chi connectivity index (χ0) is 18.0. The second-order valence-corrected chi connectivity index (χ2v) is 5.55. The number of Topliss-reactive ketones (excluding diaryl/α,β-unsaturated/α-hetero) is 1. The van der Waals surface area contributed by atoms with Gasteiger partial charge in [0.1, 0.15) is 11.6 Å². The molecule has 1 heterocycles. The van der Waals surface area contributed by atoms with E-state index >= 15 is 0 Å². The Balaban J connectivity index is 2.01. The molecule has 2 aromatic carbocycles. The fourth-order valence-corrected chi connectivity index (χ4v) is 2.70. The third kappa shape index (κ3) is 3.03. The van der Waals surface area contributed by atoms with Gasteiger partial charge < -0.3 is 4.98 Å². The molecule has 122 valence electrons. The van der Waals surface area contributed by atoms with Crippen molar-refractivity contribution >= 4 is 28.4 Å². The number of aryl methyl sites for hydroxylation is 1. The van der Waals surface area contributed by atoms with Gasteiger partial charge in [0.15, 0.2) is 0 Å². The molecule has 0 spiro atoms. The maximum Gasteiger partial charge on any atom is 0.269 e. The van der Waals surface area contributed by atoms with Crippen LogP contribution in [0.4, 0.5) is 5.69 Å². The Labute approximate surface area is 143 Å². The number of aromatic nitrogens is 1. The first-order valence-electron chi connectivity index (χ1n) is 7.49. The van der Waals surface area contributed by atoms with E-state index < -0.39 is 4.92 Å². The normalized spacial score (nSPS) is 11.3. The van der Waals surface area contributed by atoms with Gasteiger partial charge in [-0.3, -0.25) is 14.9 Å². The fraction of sp³-hybridized carbons (Fsp3) is 0.0526. The number of nitriles is 1. The molecular weight excluding hydrogens is 318 g/mol. The van der Waals surface area contributed by atoms with E-state index in [0.29, 0.717) is 11.1 Å². The summed E-state index contributed by atoms with van der Waals surface area (Å²) in [5.41, 5.74) is 2.67. The zero-order valence-electron chi connectivity index (χ0n) is 13.3. The number of allylic oxidation sites excluding steroid dienone is 1. The van der Waals surface area contributed by atoms with Gasteiger partial charge in [0.05, 0.1) is 4.92 Å². The first-order valence-corrected chi connectivity index (χ1v) is 7.49. The van der Waals surface area contributed by atoms with E-state index in [4.69, 9.17) is 0 Å². The average Bonchev–Trinajstić information content (AvgIpc) is 3.05. The first-order chi connectivity index (χ1) is 12.0. The molecule has 0 unspecified atom stereocenters. The number of hydrogen-bond donors (Lipinski definition) is 1. The smallest absolute Gasteiger partial charge is 0.269 e. The summed E-state index contributed by atoms with van der Waals surface area (Å²) in [4.78, 5) is 26.0. The summed E-state index contributed by atoms with van der Waals surface area (Å²) in [6, 6.07) is 13.3. The molecule has 0 amide bonds. The standard InChI is InChI=1S/C19H13N3O3/c1-12-3-2-4-17-18(12)16(11-21-17)19(23)14(10-20)9-13-5-7-15(8-6-13)22(24)25/h2-9,11,21H,1H3. The van der Waals surface area contributed by atoms with Gasteiger partial charge in [-0.05, 0) is 42.3 Å². The number of rotatable bonds is 4. The molecule has 0 fully saturated rings. The Morgan fingerprint density at radius 3 is 2.60 bits per heavy atom. The number of nitro groups is 1. The first kappa shape index (κ1) is 16.1. The average molecular weight is 331 g/mol. The Morgan fingerprint density at radius 2 is 1.96 bits per heavy atom.